The molecule has 1 aliphatic rings. The van der Waals surface area contributed by atoms with Crippen LogP contribution in [0.1, 0.15) is 33.6 Å². The summed E-state index contributed by atoms with van der Waals surface area (Å²) in [6.07, 6.45) is 2.38. The van der Waals surface area contributed by atoms with Crippen LogP contribution < -0.4 is 5.32 Å². The van der Waals surface area contributed by atoms with E-state index in [4.69, 9.17) is 0 Å². The molecule has 1 unspecified atom stereocenters. The highest BCUT2D eigenvalue weighted by molar-refractivity contribution is 5.93. The van der Waals surface area contributed by atoms with Crippen molar-refractivity contribution in [3.05, 3.63) is 0 Å². The van der Waals surface area contributed by atoms with Crippen molar-refractivity contribution in [2.75, 3.05) is 13.1 Å². The molecule has 1 atom stereocenters. The number of amides is 1. The van der Waals surface area contributed by atoms with Gasteiger partial charge in [-0.25, -0.2) is 0 Å². The fourth-order valence-electron chi connectivity index (χ4n) is 1.86. The fraction of sp³-hybridized carbons (Fsp3) is 0.750. The molecule has 1 fully saturated rings. The average molecular weight is 208 g/mol. The first-order valence-electron chi connectivity index (χ1n) is 5.62. The van der Waals surface area contributed by atoms with Crippen LogP contribution in [0.4, 0.5) is 0 Å². The summed E-state index contributed by atoms with van der Waals surface area (Å²) < 4.78 is 0. The monoisotopic (exact) mass is 208 g/mol. The molecule has 84 valence electrons. The number of nitrogens with zero attached hydrogens (tertiary/aromatic N) is 1. The van der Waals surface area contributed by atoms with Crippen LogP contribution in [0.25, 0.3) is 0 Å². The van der Waals surface area contributed by atoms with E-state index >= 15 is 0 Å². The van der Waals surface area contributed by atoms with Crippen LogP contribution in [0.5, 0.6) is 0 Å². The van der Waals surface area contributed by atoms with Gasteiger partial charge < -0.3 is 10.2 Å². The van der Waals surface area contributed by atoms with E-state index in [0.29, 0.717) is 6.04 Å². The molecule has 0 aromatic carbocycles. The quantitative estimate of drug-likeness (QED) is 0.702. The standard InChI is InChI=1S/C12H20N2O/c1-4-6-12(15)14(10(2)3)9-11-7-5-8-13-11/h10-11,13H,5,7-9H2,1-3H3. The molecule has 0 aromatic rings. The summed E-state index contributed by atoms with van der Waals surface area (Å²) in [5.74, 6) is 5.22. The number of hydrogen-bond acceptors (Lipinski definition) is 2. The molecule has 15 heavy (non-hydrogen) atoms. The van der Waals surface area contributed by atoms with Gasteiger partial charge in [-0.05, 0) is 46.1 Å². The minimum absolute atomic E-state index is 0.0544. The van der Waals surface area contributed by atoms with Crippen LogP contribution in [-0.4, -0.2) is 36.0 Å². The van der Waals surface area contributed by atoms with Crippen molar-refractivity contribution in [1.82, 2.24) is 10.2 Å². The van der Waals surface area contributed by atoms with Crippen LogP contribution >= 0.6 is 0 Å². The van der Waals surface area contributed by atoms with Crippen molar-refractivity contribution in [1.29, 1.82) is 0 Å². The van der Waals surface area contributed by atoms with Crippen molar-refractivity contribution in [2.45, 2.75) is 45.7 Å². The lowest BCUT2D eigenvalue weighted by molar-refractivity contribution is -0.127. The van der Waals surface area contributed by atoms with E-state index < -0.39 is 0 Å². The van der Waals surface area contributed by atoms with E-state index in [-0.39, 0.29) is 11.9 Å². The summed E-state index contributed by atoms with van der Waals surface area (Å²) in [7, 11) is 0. The second kappa shape index (κ2) is 5.77. The van der Waals surface area contributed by atoms with E-state index in [9.17, 15) is 4.79 Å². The molecule has 3 nitrogen and oxygen atoms in total. The zero-order valence-corrected chi connectivity index (χ0v) is 9.84. The third-order valence-corrected chi connectivity index (χ3v) is 2.70. The molecule has 0 aromatic heterocycles. The number of nitrogens with one attached hydrogen (secondary N) is 1. The number of rotatable bonds is 3. The van der Waals surface area contributed by atoms with Gasteiger partial charge in [0.25, 0.3) is 5.91 Å². The zero-order valence-electron chi connectivity index (χ0n) is 9.84. The number of carbonyl (C=O) groups excluding carboxylic acids is 1. The van der Waals surface area contributed by atoms with Gasteiger partial charge in [-0.2, -0.15) is 0 Å². The Hall–Kier alpha value is -1.01. The van der Waals surface area contributed by atoms with Crippen LogP contribution in [0, 0.1) is 11.8 Å². The summed E-state index contributed by atoms with van der Waals surface area (Å²) >= 11 is 0. The molecule has 1 N–H and O–H groups in total. The van der Waals surface area contributed by atoms with Crippen LogP contribution in [-0.2, 0) is 4.79 Å². The largest absolute Gasteiger partial charge is 0.328 e. The number of hydrogen-bond donors (Lipinski definition) is 1. The molecule has 0 spiro atoms. The van der Waals surface area contributed by atoms with Gasteiger partial charge in [-0.3, -0.25) is 4.79 Å². The SMILES string of the molecule is CC#CC(=O)N(CC1CCCN1)C(C)C. The number of carbonyl (C=O) groups is 1. The van der Waals surface area contributed by atoms with Gasteiger partial charge in [-0.15, -0.1) is 0 Å². The maximum Gasteiger partial charge on any atom is 0.298 e. The maximum atomic E-state index is 11.7. The molecular weight excluding hydrogens is 188 g/mol. The molecule has 1 amide bonds. The lowest BCUT2D eigenvalue weighted by Crippen LogP contribution is -2.44. The molecule has 1 heterocycles. The van der Waals surface area contributed by atoms with Crippen molar-refractivity contribution >= 4 is 5.91 Å². The van der Waals surface area contributed by atoms with Crippen molar-refractivity contribution in [3.8, 4) is 11.8 Å². The normalized spacial score (nSPS) is 19.9. The molecule has 0 radical (unpaired) electrons. The van der Waals surface area contributed by atoms with E-state index in [2.05, 4.69) is 17.2 Å². The first-order valence-corrected chi connectivity index (χ1v) is 5.62. The Kier molecular flexibility index (Phi) is 4.64. The van der Waals surface area contributed by atoms with Gasteiger partial charge >= 0.3 is 0 Å². The molecule has 1 rings (SSSR count). The molecule has 3 heteroatoms. The Balaban J connectivity index is 2.55. The van der Waals surface area contributed by atoms with Gasteiger partial charge in [0, 0.05) is 18.6 Å². The summed E-state index contributed by atoms with van der Waals surface area (Å²) in [5, 5.41) is 3.40. The average Bonchev–Trinajstić information content (AvgIpc) is 2.66. The van der Waals surface area contributed by atoms with E-state index in [1.54, 1.807) is 6.92 Å². The predicted octanol–water partition coefficient (Wildman–Crippen LogP) is 0.999. The smallest absolute Gasteiger partial charge is 0.298 e. The fourth-order valence-corrected chi connectivity index (χ4v) is 1.86. The highest BCUT2D eigenvalue weighted by Gasteiger charge is 2.22. The van der Waals surface area contributed by atoms with E-state index in [0.717, 1.165) is 19.5 Å². The molecular formula is C12H20N2O. The Bertz CT molecular complexity index is 269. The molecule has 0 saturated carbocycles. The van der Waals surface area contributed by atoms with Crippen LogP contribution in [0.3, 0.4) is 0 Å². The van der Waals surface area contributed by atoms with Crippen molar-refractivity contribution < 1.29 is 4.79 Å². The van der Waals surface area contributed by atoms with Gasteiger partial charge in [-0.1, -0.05) is 5.92 Å². The molecule has 1 aliphatic heterocycles. The lowest BCUT2D eigenvalue weighted by Gasteiger charge is -2.27. The van der Waals surface area contributed by atoms with Gasteiger partial charge in [0.1, 0.15) is 0 Å². The van der Waals surface area contributed by atoms with Gasteiger partial charge in [0.05, 0.1) is 0 Å². The Labute approximate surface area is 92.2 Å². The predicted molar refractivity (Wildman–Crippen MR) is 61.3 cm³/mol. The third kappa shape index (κ3) is 3.56. The highest BCUT2D eigenvalue weighted by Crippen LogP contribution is 2.09. The third-order valence-electron chi connectivity index (χ3n) is 2.70. The maximum absolute atomic E-state index is 11.7. The first kappa shape index (κ1) is 12.1. The Morgan fingerprint density at radius 3 is 2.80 bits per heavy atom. The van der Waals surface area contributed by atoms with Crippen molar-refractivity contribution in [3.63, 3.8) is 0 Å². The Morgan fingerprint density at radius 2 is 2.33 bits per heavy atom. The minimum atomic E-state index is -0.0544. The van der Waals surface area contributed by atoms with Crippen LogP contribution in [0.2, 0.25) is 0 Å². The van der Waals surface area contributed by atoms with Gasteiger partial charge in [0.2, 0.25) is 0 Å². The molecule has 1 saturated heterocycles. The summed E-state index contributed by atoms with van der Waals surface area (Å²) in [6, 6.07) is 0.677. The summed E-state index contributed by atoms with van der Waals surface area (Å²) in [4.78, 5) is 13.5. The summed E-state index contributed by atoms with van der Waals surface area (Å²) in [6.45, 7) is 7.62. The first-order chi connectivity index (χ1) is 7.15. The van der Waals surface area contributed by atoms with Crippen molar-refractivity contribution in [2.24, 2.45) is 0 Å². The van der Waals surface area contributed by atoms with E-state index in [1.807, 2.05) is 18.7 Å². The molecule has 0 bridgehead atoms. The second-order valence-electron chi connectivity index (χ2n) is 4.22. The highest BCUT2D eigenvalue weighted by atomic mass is 16.2. The minimum Gasteiger partial charge on any atom is -0.328 e. The Morgan fingerprint density at radius 1 is 1.60 bits per heavy atom. The molecule has 0 aliphatic carbocycles. The summed E-state index contributed by atoms with van der Waals surface area (Å²) in [5.41, 5.74) is 0. The van der Waals surface area contributed by atoms with E-state index in [1.165, 1.54) is 6.42 Å². The second-order valence-corrected chi connectivity index (χ2v) is 4.22. The topological polar surface area (TPSA) is 32.3 Å². The van der Waals surface area contributed by atoms with Gasteiger partial charge in [0.15, 0.2) is 0 Å². The lowest BCUT2D eigenvalue weighted by atomic mass is 10.2. The zero-order chi connectivity index (χ0) is 11.3. The van der Waals surface area contributed by atoms with Crippen LogP contribution in [0.15, 0.2) is 0 Å².